The molecule has 0 unspecified atom stereocenters. The average Bonchev–Trinajstić information content (AvgIpc) is 2.71. The van der Waals surface area contributed by atoms with Gasteiger partial charge in [0.05, 0.1) is 26.5 Å². The van der Waals surface area contributed by atoms with Gasteiger partial charge in [0.15, 0.2) is 17.2 Å². The van der Waals surface area contributed by atoms with E-state index in [1.807, 2.05) is 12.1 Å². The smallest absolute Gasteiger partial charge is 0.306 e. The van der Waals surface area contributed by atoms with Gasteiger partial charge in [-0.25, -0.2) is 0 Å². The van der Waals surface area contributed by atoms with Gasteiger partial charge in [0.25, 0.3) is 0 Å². The predicted molar refractivity (Wildman–Crippen MR) is 110 cm³/mol. The summed E-state index contributed by atoms with van der Waals surface area (Å²) in [6.07, 6.45) is 3.11. The number of aromatic nitrogens is 1. The number of hydrogen-bond donors (Lipinski definition) is 1. The number of methoxy groups -OCH3 is 2. The summed E-state index contributed by atoms with van der Waals surface area (Å²) in [5, 5.41) is 0. The molecule has 1 N–H and O–H groups in total. The number of H-pyrrole nitrogens is 1. The van der Waals surface area contributed by atoms with Crippen molar-refractivity contribution in [1.82, 2.24) is 4.98 Å². The molecule has 0 aliphatic rings. The number of aromatic amines is 1. The quantitative estimate of drug-likeness (QED) is 0.578. The van der Waals surface area contributed by atoms with E-state index in [1.165, 1.54) is 12.3 Å². The van der Waals surface area contributed by atoms with E-state index < -0.39 is 0 Å². The second-order valence-electron chi connectivity index (χ2n) is 7.07. The van der Waals surface area contributed by atoms with E-state index in [2.05, 4.69) is 18.8 Å². The van der Waals surface area contributed by atoms with Crippen molar-refractivity contribution in [2.45, 2.75) is 39.7 Å². The number of carbonyl (C=O) groups is 1. The number of hydrogen-bond acceptors (Lipinski definition) is 6. The molecular weight excluding hydrogens is 374 g/mol. The van der Waals surface area contributed by atoms with Crippen molar-refractivity contribution in [1.29, 1.82) is 0 Å². The Labute approximate surface area is 170 Å². The third kappa shape index (κ3) is 7.18. The third-order valence-electron chi connectivity index (χ3n) is 4.34. The Balaban J connectivity index is 1.81. The van der Waals surface area contributed by atoms with Crippen LogP contribution in [0.3, 0.4) is 0 Å². The molecule has 0 radical (unpaired) electrons. The van der Waals surface area contributed by atoms with Crippen LogP contribution in [0.5, 0.6) is 17.2 Å². The second kappa shape index (κ2) is 11.1. The van der Waals surface area contributed by atoms with Gasteiger partial charge in [0.1, 0.15) is 6.61 Å². The van der Waals surface area contributed by atoms with Gasteiger partial charge in [-0.1, -0.05) is 19.9 Å². The summed E-state index contributed by atoms with van der Waals surface area (Å²) in [6, 6.07) is 6.91. The largest absolute Gasteiger partial charge is 0.493 e. The fraction of sp³-hybridized carbons (Fsp3) is 0.455. The zero-order valence-corrected chi connectivity index (χ0v) is 17.4. The van der Waals surface area contributed by atoms with Gasteiger partial charge in [0.2, 0.25) is 5.43 Å². The molecule has 0 amide bonds. The minimum atomic E-state index is -0.349. The highest BCUT2D eigenvalue weighted by molar-refractivity contribution is 5.69. The summed E-state index contributed by atoms with van der Waals surface area (Å²) in [6.45, 7) is 4.68. The lowest BCUT2D eigenvalue weighted by Gasteiger charge is -2.10. The van der Waals surface area contributed by atoms with Gasteiger partial charge in [-0.05, 0) is 36.5 Å². The minimum absolute atomic E-state index is 0.00623. The zero-order chi connectivity index (χ0) is 21.2. The van der Waals surface area contributed by atoms with Gasteiger partial charge < -0.3 is 23.9 Å². The molecule has 7 nitrogen and oxygen atoms in total. The number of aryl methyl sites for hydroxylation is 1. The molecule has 29 heavy (non-hydrogen) atoms. The van der Waals surface area contributed by atoms with Crippen molar-refractivity contribution in [2.24, 2.45) is 5.92 Å². The third-order valence-corrected chi connectivity index (χ3v) is 4.34. The van der Waals surface area contributed by atoms with Crippen molar-refractivity contribution >= 4 is 5.97 Å². The lowest BCUT2D eigenvalue weighted by Crippen LogP contribution is -2.13. The summed E-state index contributed by atoms with van der Waals surface area (Å²) in [4.78, 5) is 27.0. The highest BCUT2D eigenvalue weighted by Crippen LogP contribution is 2.28. The van der Waals surface area contributed by atoms with Crippen molar-refractivity contribution in [2.75, 3.05) is 20.8 Å². The van der Waals surface area contributed by atoms with Crippen LogP contribution in [0.15, 0.2) is 35.3 Å². The van der Waals surface area contributed by atoms with Gasteiger partial charge in [0, 0.05) is 18.7 Å². The lowest BCUT2D eigenvalue weighted by molar-refractivity contribution is -0.145. The molecule has 0 aliphatic carbocycles. The van der Waals surface area contributed by atoms with E-state index in [1.54, 1.807) is 20.3 Å². The Kier molecular flexibility index (Phi) is 8.58. The predicted octanol–water partition coefficient (Wildman–Crippen LogP) is 3.49. The molecule has 1 aromatic carbocycles. The molecule has 158 valence electrons. The van der Waals surface area contributed by atoms with E-state index in [0.717, 1.165) is 12.0 Å². The Morgan fingerprint density at radius 3 is 2.48 bits per heavy atom. The SMILES string of the molecule is COc1ccc(CCC(=O)OCc2cc(=O)c(OCCC(C)C)c[nH]2)cc1OC. The molecule has 1 aromatic heterocycles. The number of rotatable bonds is 11. The van der Waals surface area contributed by atoms with Gasteiger partial charge in [-0.15, -0.1) is 0 Å². The number of carbonyl (C=O) groups excluding carboxylic acids is 1. The summed E-state index contributed by atoms with van der Waals surface area (Å²) >= 11 is 0. The van der Waals surface area contributed by atoms with Crippen molar-refractivity contribution < 1.29 is 23.7 Å². The van der Waals surface area contributed by atoms with Crippen LogP contribution in [0.1, 0.15) is 37.9 Å². The molecule has 0 aliphatic heterocycles. The summed E-state index contributed by atoms with van der Waals surface area (Å²) < 4.78 is 21.2. The number of benzene rings is 1. The molecule has 2 aromatic rings. The topological polar surface area (TPSA) is 86.9 Å². The van der Waals surface area contributed by atoms with Crippen molar-refractivity contribution in [3.8, 4) is 17.2 Å². The first-order valence-corrected chi connectivity index (χ1v) is 9.63. The fourth-order valence-electron chi connectivity index (χ4n) is 2.61. The first-order valence-electron chi connectivity index (χ1n) is 9.63. The number of nitrogens with one attached hydrogen (secondary N) is 1. The summed E-state index contributed by atoms with van der Waals surface area (Å²) in [7, 11) is 3.14. The Bertz CT molecular complexity index is 859. The second-order valence-corrected chi connectivity index (χ2v) is 7.07. The van der Waals surface area contributed by atoms with Gasteiger partial charge >= 0.3 is 5.97 Å². The summed E-state index contributed by atoms with van der Waals surface area (Å²) in [5.74, 6) is 1.69. The maximum atomic E-state index is 12.1. The summed E-state index contributed by atoms with van der Waals surface area (Å²) in [5.41, 5.74) is 1.23. The van der Waals surface area contributed by atoms with Crippen LogP contribution in [-0.4, -0.2) is 31.8 Å². The van der Waals surface area contributed by atoms with Crippen LogP contribution < -0.4 is 19.6 Å². The molecule has 7 heteroatoms. The van der Waals surface area contributed by atoms with Crippen LogP contribution in [0.25, 0.3) is 0 Å². The monoisotopic (exact) mass is 403 g/mol. The molecule has 2 rings (SSSR count). The van der Waals surface area contributed by atoms with E-state index in [9.17, 15) is 9.59 Å². The molecule has 1 heterocycles. The van der Waals surface area contributed by atoms with Crippen molar-refractivity contribution in [3.05, 3.63) is 51.9 Å². The maximum absolute atomic E-state index is 12.1. The van der Waals surface area contributed by atoms with Gasteiger partial charge in [-0.3, -0.25) is 9.59 Å². The molecule has 0 spiro atoms. The Morgan fingerprint density at radius 1 is 1.07 bits per heavy atom. The molecule has 0 fully saturated rings. The lowest BCUT2D eigenvalue weighted by atomic mass is 10.1. The van der Waals surface area contributed by atoms with E-state index in [4.69, 9.17) is 18.9 Å². The Hall–Kier alpha value is -2.96. The van der Waals surface area contributed by atoms with Crippen LogP contribution in [0.2, 0.25) is 0 Å². The number of esters is 1. The van der Waals surface area contributed by atoms with Crippen LogP contribution in [0.4, 0.5) is 0 Å². The number of pyridine rings is 1. The minimum Gasteiger partial charge on any atom is -0.493 e. The first-order chi connectivity index (χ1) is 13.9. The molecule has 0 atom stereocenters. The van der Waals surface area contributed by atoms with E-state index in [-0.39, 0.29) is 30.2 Å². The van der Waals surface area contributed by atoms with E-state index >= 15 is 0 Å². The molecule has 0 bridgehead atoms. The maximum Gasteiger partial charge on any atom is 0.306 e. The Morgan fingerprint density at radius 2 is 1.83 bits per heavy atom. The standard InChI is InChI=1S/C22H29NO6/c1-15(2)9-10-28-21-13-23-17(12-18(21)24)14-29-22(25)8-6-16-5-7-19(26-3)20(11-16)27-4/h5,7,11-13,15H,6,8-10,14H2,1-4H3,(H,23,24). The molecular formula is C22H29NO6. The van der Waals surface area contributed by atoms with E-state index in [0.29, 0.717) is 36.1 Å². The number of ether oxygens (including phenoxy) is 4. The highest BCUT2D eigenvalue weighted by atomic mass is 16.5. The van der Waals surface area contributed by atoms with Crippen molar-refractivity contribution in [3.63, 3.8) is 0 Å². The average molecular weight is 403 g/mol. The molecule has 0 saturated heterocycles. The zero-order valence-electron chi connectivity index (χ0n) is 17.4. The fourth-order valence-corrected chi connectivity index (χ4v) is 2.61. The molecule has 0 saturated carbocycles. The highest BCUT2D eigenvalue weighted by Gasteiger charge is 2.09. The first kappa shape index (κ1) is 22.3. The normalized spacial score (nSPS) is 10.7. The van der Waals surface area contributed by atoms with Crippen LogP contribution in [0, 0.1) is 5.92 Å². The van der Waals surface area contributed by atoms with Crippen LogP contribution in [-0.2, 0) is 22.6 Å². The van der Waals surface area contributed by atoms with Crippen LogP contribution >= 0.6 is 0 Å². The van der Waals surface area contributed by atoms with Gasteiger partial charge in [-0.2, -0.15) is 0 Å².